The molecular weight excluding hydrogens is 228 g/mol. The third-order valence-corrected chi connectivity index (χ3v) is 2.84. The number of benzene rings is 1. The summed E-state index contributed by atoms with van der Waals surface area (Å²) < 4.78 is 5.84. The molecule has 0 heterocycles. The van der Waals surface area contributed by atoms with Crippen molar-refractivity contribution < 1.29 is 4.74 Å². The van der Waals surface area contributed by atoms with Crippen LogP contribution < -0.4 is 0 Å². The summed E-state index contributed by atoms with van der Waals surface area (Å²) >= 11 is 5.45. The smallest absolute Gasteiger partial charge is 0.167 e. The molecule has 0 amide bonds. The molecule has 17 heavy (non-hydrogen) atoms. The summed E-state index contributed by atoms with van der Waals surface area (Å²) in [5.74, 6) is 0.232. The molecule has 2 heteroatoms. The Hall–Kier alpha value is -0.890. The molecular formula is C15H22OS. The minimum Gasteiger partial charge on any atom is -0.481 e. The first-order valence-corrected chi connectivity index (χ1v) is 6.62. The molecule has 1 rings (SSSR count). The number of thiocarbonyl (C=S) groups is 1. The summed E-state index contributed by atoms with van der Waals surface area (Å²) in [6, 6.07) is 10.4. The number of hydrogen-bond acceptors (Lipinski definition) is 2. The highest BCUT2D eigenvalue weighted by atomic mass is 32.1. The van der Waals surface area contributed by atoms with E-state index in [9.17, 15) is 0 Å². The average Bonchev–Trinajstić information content (AvgIpc) is 2.24. The van der Waals surface area contributed by atoms with E-state index in [1.54, 1.807) is 0 Å². The molecule has 0 aliphatic rings. The Morgan fingerprint density at radius 3 is 2.29 bits per heavy atom. The van der Waals surface area contributed by atoms with Gasteiger partial charge in [0.05, 0.1) is 5.92 Å². The standard InChI is InChI=1S/C15H22OS/c1-5-9-13(12-10-7-6-8-11-12)14(17)16-15(2,3)4/h6-8,10-11,13H,5,9H2,1-4H3. The molecule has 0 aliphatic carbocycles. The molecule has 0 N–H and O–H groups in total. The van der Waals surface area contributed by atoms with E-state index in [1.165, 1.54) is 5.56 Å². The lowest BCUT2D eigenvalue weighted by molar-refractivity contribution is 0.114. The largest absolute Gasteiger partial charge is 0.481 e. The fourth-order valence-electron chi connectivity index (χ4n) is 1.77. The van der Waals surface area contributed by atoms with Crippen LogP contribution in [0.4, 0.5) is 0 Å². The Morgan fingerprint density at radius 2 is 1.82 bits per heavy atom. The molecule has 1 aromatic rings. The van der Waals surface area contributed by atoms with Crippen molar-refractivity contribution in [3.05, 3.63) is 35.9 Å². The number of hydrogen-bond donors (Lipinski definition) is 0. The number of rotatable bonds is 4. The van der Waals surface area contributed by atoms with Crippen LogP contribution in [0.1, 0.15) is 52.0 Å². The summed E-state index contributed by atoms with van der Waals surface area (Å²) in [6.45, 7) is 8.28. The molecule has 0 radical (unpaired) electrons. The Kier molecular flexibility index (Phi) is 5.13. The zero-order chi connectivity index (χ0) is 12.9. The summed E-state index contributed by atoms with van der Waals surface area (Å²) in [4.78, 5) is 0. The summed E-state index contributed by atoms with van der Waals surface area (Å²) in [5.41, 5.74) is 1.04. The van der Waals surface area contributed by atoms with Crippen LogP contribution in [0, 0.1) is 0 Å². The maximum absolute atomic E-state index is 5.84. The minimum absolute atomic E-state index is 0.210. The second-order valence-electron chi connectivity index (χ2n) is 5.29. The van der Waals surface area contributed by atoms with E-state index in [2.05, 4.69) is 31.2 Å². The van der Waals surface area contributed by atoms with Crippen molar-refractivity contribution in [2.45, 2.75) is 52.1 Å². The van der Waals surface area contributed by atoms with Gasteiger partial charge in [0.25, 0.3) is 0 Å². The van der Waals surface area contributed by atoms with Gasteiger partial charge in [-0.2, -0.15) is 0 Å². The van der Waals surface area contributed by atoms with E-state index in [1.807, 2.05) is 26.8 Å². The van der Waals surface area contributed by atoms with Crippen LogP contribution in [0.5, 0.6) is 0 Å². The van der Waals surface area contributed by atoms with Gasteiger partial charge in [0.15, 0.2) is 5.05 Å². The van der Waals surface area contributed by atoms with Crippen molar-refractivity contribution in [1.82, 2.24) is 0 Å². The van der Waals surface area contributed by atoms with Crippen LogP contribution in [-0.4, -0.2) is 10.7 Å². The molecule has 1 nitrogen and oxygen atoms in total. The van der Waals surface area contributed by atoms with Gasteiger partial charge in [-0.25, -0.2) is 0 Å². The Labute approximate surface area is 110 Å². The first-order valence-electron chi connectivity index (χ1n) is 6.22. The van der Waals surface area contributed by atoms with E-state index in [0.717, 1.165) is 12.8 Å². The molecule has 94 valence electrons. The second-order valence-corrected chi connectivity index (χ2v) is 5.69. The first kappa shape index (κ1) is 14.2. The minimum atomic E-state index is -0.210. The molecule has 0 aromatic heterocycles. The molecule has 0 saturated carbocycles. The van der Waals surface area contributed by atoms with Crippen LogP contribution in [-0.2, 0) is 4.74 Å². The highest BCUT2D eigenvalue weighted by molar-refractivity contribution is 7.80. The van der Waals surface area contributed by atoms with Gasteiger partial charge in [0, 0.05) is 0 Å². The van der Waals surface area contributed by atoms with Gasteiger partial charge in [-0.15, -0.1) is 0 Å². The van der Waals surface area contributed by atoms with Crippen LogP contribution in [0.3, 0.4) is 0 Å². The fourth-order valence-corrected chi connectivity index (χ4v) is 2.27. The lowest BCUT2D eigenvalue weighted by Crippen LogP contribution is -2.26. The van der Waals surface area contributed by atoms with Gasteiger partial charge in [-0.3, -0.25) is 0 Å². The third-order valence-electron chi connectivity index (χ3n) is 2.47. The maximum atomic E-state index is 5.84. The zero-order valence-electron chi connectivity index (χ0n) is 11.2. The Morgan fingerprint density at radius 1 is 1.24 bits per heavy atom. The van der Waals surface area contributed by atoms with Crippen LogP contribution in [0.15, 0.2) is 30.3 Å². The second kappa shape index (κ2) is 6.15. The lowest BCUT2D eigenvalue weighted by atomic mass is 9.95. The van der Waals surface area contributed by atoms with Crippen molar-refractivity contribution in [3.63, 3.8) is 0 Å². The van der Waals surface area contributed by atoms with Gasteiger partial charge >= 0.3 is 0 Å². The maximum Gasteiger partial charge on any atom is 0.167 e. The third kappa shape index (κ3) is 4.86. The van der Waals surface area contributed by atoms with Gasteiger partial charge in [0.2, 0.25) is 0 Å². The summed E-state index contributed by atoms with van der Waals surface area (Å²) in [6.07, 6.45) is 2.14. The van der Waals surface area contributed by atoms with Gasteiger partial charge in [-0.1, -0.05) is 43.7 Å². The molecule has 1 aromatic carbocycles. The SMILES string of the molecule is CCCC(C(=S)OC(C)(C)C)c1ccccc1. The van der Waals surface area contributed by atoms with Crippen LogP contribution >= 0.6 is 12.2 Å². The molecule has 0 aliphatic heterocycles. The Balaban J connectivity index is 2.83. The van der Waals surface area contributed by atoms with E-state index < -0.39 is 0 Å². The van der Waals surface area contributed by atoms with Gasteiger partial charge < -0.3 is 4.74 Å². The van der Waals surface area contributed by atoms with Gasteiger partial charge in [0.1, 0.15) is 5.60 Å². The highest BCUT2D eigenvalue weighted by Crippen LogP contribution is 2.26. The van der Waals surface area contributed by atoms with E-state index in [4.69, 9.17) is 17.0 Å². The molecule has 0 bridgehead atoms. The normalized spacial score (nSPS) is 13.2. The first-order chi connectivity index (χ1) is 7.94. The molecule has 0 fully saturated rings. The van der Waals surface area contributed by atoms with Crippen molar-refractivity contribution in [3.8, 4) is 0 Å². The quantitative estimate of drug-likeness (QED) is 0.715. The molecule has 1 unspecified atom stereocenters. The van der Waals surface area contributed by atoms with Crippen molar-refractivity contribution in [2.75, 3.05) is 0 Å². The predicted octanol–water partition coefficient (Wildman–Crippen LogP) is 4.71. The van der Waals surface area contributed by atoms with Crippen molar-refractivity contribution in [1.29, 1.82) is 0 Å². The number of ether oxygens (including phenoxy) is 1. The average molecular weight is 250 g/mol. The molecule has 0 spiro atoms. The monoisotopic (exact) mass is 250 g/mol. The van der Waals surface area contributed by atoms with E-state index in [0.29, 0.717) is 5.05 Å². The zero-order valence-corrected chi connectivity index (χ0v) is 12.0. The summed E-state index contributed by atoms with van der Waals surface area (Å²) in [7, 11) is 0. The lowest BCUT2D eigenvalue weighted by Gasteiger charge is -2.26. The topological polar surface area (TPSA) is 9.23 Å². The summed E-state index contributed by atoms with van der Waals surface area (Å²) in [5, 5.41) is 0.713. The van der Waals surface area contributed by atoms with E-state index in [-0.39, 0.29) is 11.5 Å². The van der Waals surface area contributed by atoms with Crippen LogP contribution in [0.2, 0.25) is 0 Å². The van der Waals surface area contributed by atoms with Crippen molar-refractivity contribution in [2.24, 2.45) is 0 Å². The fraction of sp³-hybridized carbons (Fsp3) is 0.533. The highest BCUT2D eigenvalue weighted by Gasteiger charge is 2.22. The van der Waals surface area contributed by atoms with Crippen LogP contribution in [0.25, 0.3) is 0 Å². The van der Waals surface area contributed by atoms with Crippen molar-refractivity contribution >= 4 is 17.3 Å². The molecule has 1 atom stereocenters. The van der Waals surface area contributed by atoms with E-state index >= 15 is 0 Å². The Bertz CT molecular complexity index is 351. The molecule has 0 saturated heterocycles. The predicted molar refractivity (Wildman–Crippen MR) is 77.5 cm³/mol. The van der Waals surface area contributed by atoms with Gasteiger partial charge in [-0.05, 0) is 45.0 Å².